The highest BCUT2D eigenvalue weighted by atomic mass is 14.4. The van der Waals surface area contributed by atoms with Crippen molar-refractivity contribution in [3.63, 3.8) is 0 Å². The molecule has 0 heterocycles. The first kappa shape index (κ1) is 6.45. The Labute approximate surface area is 63.3 Å². The van der Waals surface area contributed by atoms with E-state index in [-0.39, 0.29) is 0 Å². The molecule has 0 heteroatoms. The summed E-state index contributed by atoms with van der Waals surface area (Å²) < 4.78 is 0. The second-order valence-electron chi connectivity index (χ2n) is 3.87. The lowest BCUT2D eigenvalue weighted by molar-refractivity contribution is 0.330. The van der Waals surface area contributed by atoms with Crippen molar-refractivity contribution in [1.82, 2.24) is 0 Å². The van der Waals surface area contributed by atoms with Gasteiger partial charge in [-0.3, -0.25) is 0 Å². The highest BCUT2D eigenvalue weighted by molar-refractivity contribution is 5.20. The van der Waals surface area contributed by atoms with E-state index in [9.17, 15) is 0 Å². The molecule has 1 unspecified atom stereocenters. The molecule has 0 aromatic heterocycles. The summed E-state index contributed by atoms with van der Waals surface area (Å²) in [5.41, 5.74) is 1.53. The summed E-state index contributed by atoms with van der Waals surface area (Å²) in [5, 5.41) is 0. The summed E-state index contributed by atoms with van der Waals surface area (Å²) in [4.78, 5) is 0. The van der Waals surface area contributed by atoms with Crippen molar-refractivity contribution in [2.45, 2.75) is 38.5 Å². The Morgan fingerprint density at radius 2 is 1.70 bits per heavy atom. The van der Waals surface area contributed by atoms with Crippen LogP contribution in [-0.2, 0) is 0 Å². The zero-order chi connectivity index (χ0) is 6.97. The molecule has 2 aliphatic rings. The zero-order valence-corrected chi connectivity index (χ0v) is 6.60. The molecule has 0 radical (unpaired) electrons. The molecule has 0 amide bonds. The lowest BCUT2D eigenvalue weighted by Crippen LogP contribution is -2.07. The summed E-state index contributed by atoms with van der Waals surface area (Å²) in [6, 6.07) is 0. The molecule has 56 valence electrons. The second kappa shape index (κ2) is 2.41. The molecular formula is C10H16. The maximum Gasteiger partial charge on any atom is -0.0140 e. The normalized spacial score (nSPS) is 34.4. The molecule has 10 heavy (non-hydrogen) atoms. The number of hydrogen-bond acceptors (Lipinski definition) is 0. The number of rotatable bonds is 1. The van der Waals surface area contributed by atoms with Gasteiger partial charge in [0.2, 0.25) is 0 Å². The Morgan fingerprint density at radius 3 is 2.20 bits per heavy atom. The molecule has 2 fully saturated rings. The fourth-order valence-corrected chi connectivity index (χ4v) is 2.26. The first-order chi connectivity index (χ1) is 4.88. The Morgan fingerprint density at radius 1 is 1.10 bits per heavy atom. The fourth-order valence-electron chi connectivity index (χ4n) is 2.26. The largest absolute Gasteiger partial charge is 0.0995 e. The van der Waals surface area contributed by atoms with Crippen molar-refractivity contribution in [1.29, 1.82) is 0 Å². The Bertz CT molecular complexity index is 140. The third-order valence-electron chi connectivity index (χ3n) is 3.07. The molecule has 2 aliphatic carbocycles. The van der Waals surface area contributed by atoms with Gasteiger partial charge in [0, 0.05) is 0 Å². The van der Waals surface area contributed by atoms with Crippen LogP contribution in [0.3, 0.4) is 0 Å². The Hall–Kier alpha value is -0.260. The SMILES string of the molecule is C=C1CC1C1CCCCC1. The van der Waals surface area contributed by atoms with E-state index in [0.717, 1.165) is 11.8 Å². The van der Waals surface area contributed by atoms with E-state index in [1.54, 1.807) is 0 Å². The average molecular weight is 136 g/mol. The summed E-state index contributed by atoms with van der Waals surface area (Å²) in [6.45, 7) is 4.02. The van der Waals surface area contributed by atoms with E-state index in [0.29, 0.717) is 0 Å². The molecule has 0 N–H and O–H groups in total. The van der Waals surface area contributed by atoms with Gasteiger partial charge in [-0.2, -0.15) is 0 Å². The first-order valence-electron chi connectivity index (χ1n) is 4.55. The summed E-state index contributed by atoms with van der Waals surface area (Å²) in [7, 11) is 0. The van der Waals surface area contributed by atoms with E-state index < -0.39 is 0 Å². The van der Waals surface area contributed by atoms with E-state index >= 15 is 0 Å². The van der Waals surface area contributed by atoms with Gasteiger partial charge in [0.1, 0.15) is 0 Å². The van der Waals surface area contributed by atoms with Crippen LogP contribution < -0.4 is 0 Å². The molecule has 0 aromatic carbocycles. The quantitative estimate of drug-likeness (QED) is 0.486. The van der Waals surface area contributed by atoms with Crippen LogP contribution in [0.15, 0.2) is 12.2 Å². The van der Waals surface area contributed by atoms with Crippen molar-refractivity contribution in [2.75, 3.05) is 0 Å². The highest BCUT2D eigenvalue weighted by Gasteiger charge is 2.35. The molecule has 2 rings (SSSR count). The van der Waals surface area contributed by atoms with Crippen molar-refractivity contribution < 1.29 is 0 Å². The summed E-state index contributed by atoms with van der Waals surface area (Å²) >= 11 is 0. The zero-order valence-electron chi connectivity index (χ0n) is 6.60. The van der Waals surface area contributed by atoms with Gasteiger partial charge in [-0.05, 0) is 31.1 Å². The van der Waals surface area contributed by atoms with Gasteiger partial charge in [-0.1, -0.05) is 31.4 Å². The van der Waals surface area contributed by atoms with Crippen LogP contribution in [-0.4, -0.2) is 0 Å². The van der Waals surface area contributed by atoms with Gasteiger partial charge in [0.25, 0.3) is 0 Å². The predicted molar refractivity (Wildman–Crippen MR) is 43.8 cm³/mol. The first-order valence-corrected chi connectivity index (χ1v) is 4.55. The monoisotopic (exact) mass is 136 g/mol. The molecule has 0 saturated heterocycles. The molecule has 2 saturated carbocycles. The topological polar surface area (TPSA) is 0 Å². The number of hydrogen-bond donors (Lipinski definition) is 0. The van der Waals surface area contributed by atoms with Crippen LogP contribution in [0.1, 0.15) is 38.5 Å². The third-order valence-corrected chi connectivity index (χ3v) is 3.07. The molecular weight excluding hydrogens is 120 g/mol. The van der Waals surface area contributed by atoms with Crippen LogP contribution in [0.25, 0.3) is 0 Å². The molecule has 0 aliphatic heterocycles. The van der Waals surface area contributed by atoms with E-state index in [2.05, 4.69) is 6.58 Å². The summed E-state index contributed by atoms with van der Waals surface area (Å²) in [5.74, 6) is 2.00. The van der Waals surface area contributed by atoms with Gasteiger partial charge in [-0.25, -0.2) is 0 Å². The molecule has 1 atom stereocenters. The third kappa shape index (κ3) is 1.12. The fraction of sp³-hybridized carbons (Fsp3) is 0.800. The predicted octanol–water partition coefficient (Wildman–Crippen LogP) is 3.14. The van der Waals surface area contributed by atoms with Crippen molar-refractivity contribution in [3.8, 4) is 0 Å². The standard InChI is InChI=1S/C10H16/c1-8-7-10(8)9-5-3-2-4-6-9/h9-10H,1-7H2. The number of allylic oxidation sites excluding steroid dienone is 1. The molecule has 0 nitrogen and oxygen atoms in total. The maximum absolute atomic E-state index is 4.02. The lowest BCUT2D eigenvalue weighted by Gasteiger charge is -2.20. The van der Waals surface area contributed by atoms with Gasteiger partial charge in [0.05, 0.1) is 0 Å². The average Bonchev–Trinajstić information content (AvgIpc) is 2.69. The maximum atomic E-state index is 4.02. The minimum Gasteiger partial charge on any atom is -0.0995 e. The molecule has 0 aromatic rings. The minimum absolute atomic E-state index is 0.959. The van der Waals surface area contributed by atoms with Crippen molar-refractivity contribution >= 4 is 0 Å². The van der Waals surface area contributed by atoms with E-state index in [1.165, 1.54) is 44.1 Å². The Balaban J connectivity index is 1.86. The smallest absolute Gasteiger partial charge is 0.0140 e. The van der Waals surface area contributed by atoms with Crippen LogP contribution in [0.4, 0.5) is 0 Å². The van der Waals surface area contributed by atoms with E-state index in [4.69, 9.17) is 0 Å². The van der Waals surface area contributed by atoms with Crippen LogP contribution in [0, 0.1) is 11.8 Å². The van der Waals surface area contributed by atoms with Crippen LogP contribution in [0.2, 0.25) is 0 Å². The van der Waals surface area contributed by atoms with Crippen LogP contribution >= 0.6 is 0 Å². The minimum atomic E-state index is 0.959. The van der Waals surface area contributed by atoms with Crippen molar-refractivity contribution in [3.05, 3.63) is 12.2 Å². The Kier molecular flexibility index (Phi) is 1.55. The lowest BCUT2D eigenvalue weighted by atomic mass is 9.86. The second-order valence-corrected chi connectivity index (χ2v) is 3.87. The summed E-state index contributed by atoms with van der Waals surface area (Å²) in [6.07, 6.45) is 8.77. The molecule has 0 spiro atoms. The van der Waals surface area contributed by atoms with Crippen molar-refractivity contribution in [2.24, 2.45) is 11.8 Å². The van der Waals surface area contributed by atoms with Gasteiger partial charge in [0.15, 0.2) is 0 Å². The highest BCUT2D eigenvalue weighted by Crippen LogP contribution is 2.47. The van der Waals surface area contributed by atoms with Gasteiger partial charge >= 0.3 is 0 Å². The van der Waals surface area contributed by atoms with Crippen LogP contribution in [0.5, 0.6) is 0 Å². The van der Waals surface area contributed by atoms with Gasteiger partial charge < -0.3 is 0 Å². The molecule has 0 bridgehead atoms. The van der Waals surface area contributed by atoms with Gasteiger partial charge in [-0.15, -0.1) is 0 Å². The van der Waals surface area contributed by atoms with E-state index in [1.807, 2.05) is 0 Å².